The molecule has 120 valence electrons. The summed E-state index contributed by atoms with van der Waals surface area (Å²) in [5.74, 6) is 0.581. The van der Waals surface area contributed by atoms with E-state index in [-0.39, 0.29) is 11.6 Å². The number of imidazole rings is 1. The summed E-state index contributed by atoms with van der Waals surface area (Å²) in [5, 5.41) is 9.91. The number of rotatable bonds is 6. The SMILES string of the molecule is Cc1nc(S(=O)(=O)NCC(O)Cc2ccccc2)c(Br)n1C. The molecule has 6 nitrogen and oxygen atoms in total. The fraction of sp³-hybridized carbons (Fsp3) is 0.357. The molecule has 0 amide bonds. The molecule has 2 rings (SSSR count). The van der Waals surface area contributed by atoms with Gasteiger partial charge in [-0.15, -0.1) is 0 Å². The van der Waals surface area contributed by atoms with Gasteiger partial charge in [0.1, 0.15) is 10.4 Å². The van der Waals surface area contributed by atoms with E-state index in [1.54, 1.807) is 18.5 Å². The van der Waals surface area contributed by atoms with Gasteiger partial charge in [-0.2, -0.15) is 0 Å². The molecule has 0 saturated carbocycles. The maximum absolute atomic E-state index is 12.2. The average molecular weight is 388 g/mol. The molecule has 0 saturated heterocycles. The minimum absolute atomic E-state index is 0.0700. The molecule has 8 heteroatoms. The van der Waals surface area contributed by atoms with Crippen LogP contribution >= 0.6 is 15.9 Å². The Morgan fingerprint density at radius 2 is 2.00 bits per heavy atom. The fourth-order valence-electron chi connectivity index (χ4n) is 1.96. The van der Waals surface area contributed by atoms with Gasteiger partial charge in [-0.25, -0.2) is 18.1 Å². The second kappa shape index (κ2) is 6.91. The first-order chi connectivity index (χ1) is 10.3. The summed E-state index contributed by atoms with van der Waals surface area (Å²) in [5.41, 5.74) is 0.948. The van der Waals surface area contributed by atoms with Gasteiger partial charge in [-0.05, 0) is 34.8 Å². The summed E-state index contributed by atoms with van der Waals surface area (Å²) in [7, 11) is -2.05. The Kier molecular flexibility index (Phi) is 5.38. The number of hydrogen-bond acceptors (Lipinski definition) is 4. The molecule has 0 spiro atoms. The van der Waals surface area contributed by atoms with E-state index in [2.05, 4.69) is 25.6 Å². The summed E-state index contributed by atoms with van der Waals surface area (Å²) >= 11 is 3.22. The highest BCUT2D eigenvalue weighted by molar-refractivity contribution is 9.10. The van der Waals surface area contributed by atoms with Crippen LogP contribution in [0.3, 0.4) is 0 Å². The first-order valence-corrected chi connectivity index (χ1v) is 8.99. The number of aryl methyl sites for hydroxylation is 1. The third-order valence-corrected chi connectivity index (χ3v) is 5.81. The number of aliphatic hydroxyl groups is 1. The first-order valence-electron chi connectivity index (χ1n) is 6.71. The van der Waals surface area contributed by atoms with Crippen molar-refractivity contribution < 1.29 is 13.5 Å². The minimum atomic E-state index is -3.77. The Hall–Kier alpha value is -1.22. The molecule has 2 N–H and O–H groups in total. The van der Waals surface area contributed by atoms with Crippen molar-refractivity contribution in [2.45, 2.75) is 24.5 Å². The Bertz CT molecular complexity index is 744. The molecule has 2 aromatic rings. The average Bonchev–Trinajstić information content (AvgIpc) is 2.75. The van der Waals surface area contributed by atoms with Crippen molar-refractivity contribution in [3.63, 3.8) is 0 Å². The summed E-state index contributed by atoms with van der Waals surface area (Å²) in [4.78, 5) is 4.03. The van der Waals surface area contributed by atoms with Crippen LogP contribution in [-0.2, 0) is 23.5 Å². The van der Waals surface area contributed by atoms with Crippen LogP contribution in [0.15, 0.2) is 40.0 Å². The number of nitrogens with one attached hydrogen (secondary N) is 1. The van der Waals surface area contributed by atoms with Crippen molar-refractivity contribution in [3.05, 3.63) is 46.3 Å². The normalized spacial score (nSPS) is 13.3. The maximum Gasteiger partial charge on any atom is 0.260 e. The first kappa shape index (κ1) is 17.1. The standard InChI is InChI=1S/C14H18BrN3O3S/c1-10-17-14(13(15)18(10)2)22(20,21)16-9-12(19)8-11-6-4-3-5-7-11/h3-7,12,16,19H,8-9H2,1-2H3. The molecule has 1 unspecified atom stereocenters. The van der Waals surface area contributed by atoms with Gasteiger partial charge in [0.15, 0.2) is 0 Å². The largest absolute Gasteiger partial charge is 0.391 e. The van der Waals surface area contributed by atoms with Gasteiger partial charge in [0.2, 0.25) is 5.03 Å². The van der Waals surface area contributed by atoms with E-state index in [0.29, 0.717) is 16.8 Å². The number of aliphatic hydroxyl groups excluding tert-OH is 1. The van der Waals surface area contributed by atoms with Gasteiger partial charge in [0, 0.05) is 13.6 Å². The molecule has 0 aliphatic carbocycles. The molecule has 1 aromatic carbocycles. The molecule has 1 heterocycles. The van der Waals surface area contributed by atoms with Gasteiger partial charge in [-0.1, -0.05) is 30.3 Å². The molecule has 22 heavy (non-hydrogen) atoms. The van der Waals surface area contributed by atoms with Crippen molar-refractivity contribution >= 4 is 26.0 Å². The second-order valence-corrected chi connectivity index (χ2v) is 7.44. The monoisotopic (exact) mass is 387 g/mol. The number of hydrogen-bond donors (Lipinski definition) is 2. The van der Waals surface area contributed by atoms with E-state index < -0.39 is 16.1 Å². The molecule has 0 aliphatic heterocycles. The predicted octanol–water partition coefficient (Wildman–Crippen LogP) is 1.37. The van der Waals surface area contributed by atoms with Gasteiger partial charge in [0.25, 0.3) is 10.0 Å². The van der Waals surface area contributed by atoms with Crippen molar-refractivity contribution in [1.82, 2.24) is 14.3 Å². The van der Waals surface area contributed by atoms with Crippen LogP contribution in [0.25, 0.3) is 0 Å². The minimum Gasteiger partial charge on any atom is -0.391 e. The van der Waals surface area contributed by atoms with E-state index in [4.69, 9.17) is 0 Å². The van der Waals surface area contributed by atoms with E-state index >= 15 is 0 Å². The van der Waals surface area contributed by atoms with E-state index in [0.717, 1.165) is 5.56 Å². The Balaban J connectivity index is 2.02. The number of halogens is 1. The van der Waals surface area contributed by atoms with Crippen molar-refractivity contribution in [2.75, 3.05) is 6.54 Å². The van der Waals surface area contributed by atoms with Crippen LogP contribution in [0.4, 0.5) is 0 Å². The molecular formula is C14H18BrN3O3S. The number of sulfonamides is 1. The summed E-state index contributed by atoms with van der Waals surface area (Å²) in [6.07, 6.45) is -0.424. The third-order valence-electron chi connectivity index (χ3n) is 3.30. The van der Waals surface area contributed by atoms with Gasteiger partial charge < -0.3 is 9.67 Å². The highest BCUT2D eigenvalue weighted by Gasteiger charge is 2.24. The topological polar surface area (TPSA) is 84.2 Å². The highest BCUT2D eigenvalue weighted by atomic mass is 79.9. The van der Waals surface area contributed by atoms with Crippen LogP contribution in [0.1, 0.15) is 11.4 Å². The Labute approximate surface area is 138 Å². The number of nitrogens with zero attached hydrogens (tertiary/aromatic N) is 2. The fourth-order valence-corrected chi connectivity index (χ4v) is 4.10. The molecule has 0 aliphatic rings. The van der Waals surface area contributed by atoms with Crippen molar-refractivity contribution in [2.24, 2.45) is 7.05 Å². The van der Waals surface area contributed by atoms with Crippen LogP contribution in [0.5, 0.6) is 0 Å². The van der Waals surface area contributed by atoms with Crippen molar-refractivity contribution in [3.8, 4) is 0 Å². The van der Waals surface area contributed by atoms with Crippen molar-refractivity contribution in [1.29, 1.82) is 0 Å². The Morgan fingerprint density at radius 3 is 2.55 bits per heavy atom. The number of aromatic nitrogens is 2. The molecular weight excluding hydrogens is 370 g/mol. The zero-order valence-electron chi connectivity index (χ0n) is 12.3. The molecule has 0 bridgehead atoms. The summed E-state index contributed by atoms with van der Waals surface area (Å²) < 4.78 is 28.9. The van der Waals surface area contributed by atoms with Crippen LogP contribution in [0, 0.1) is 6.92 Å². The zero-order chi connectivity index (χ0) is 16.3. The zero-order valence-corrected chi connectivity index (χ0v) is 14.7. The van der Waals surface area contributed by atoms with E-state index in [9.17, 15) is 13.5 Å². The van der Waals surface area contributed by atoms with Crippen LogP contribution < -0.4 is 4.72 Å². The molecule has 1 atom stereocenters. The van der Waals surface area contributed by atoms with Gasteiger partial charge >= 0.3 is 0 Å². The van der Waals surface area contributed by atoms with Crippen LogP contribution in [-0.4, -0.2) is 35.7 Å². The quantitative estimate of drug-likeness (QED) is 0.783. The lowest BCUT2D eigenvalue weighted by atomic mass is 10.1. The molecule has 0 radical (unpaired) electrons. The van der Waals surface area contributed by atoms with E-state index in [1.807, 2.05) is 30.3 Å². The lowest BCUT2D eigenvalue weighted by molar-refractivity contribution is 0.179. The third kappa shape index (κ3) is 3.95. The second-order valence-electron chi connectivity index (χ2n) is 5.01. The number of benzene rings is 1. The van der Waals surface area contributed by atoms with Gasteiger partial charge in [-0.3, -0.25) is 0 Å². The Morgan fingerprint density at radius 1 is 1.36 bits per heavy atom. The lowest BCUT2D eigenvalue weighted by Crippen LogP contribution is -2.33. The van der Waals surface area contributed by atoms with Crippen LogP contribution in [0.2, 0.25) is 0 Å². The van der Waals surface area contributed by atoms with E-state index in [1.165, 1.54) is 0 Å². The molecule has 1 aromatic heterocycles. The lowest BCUT2D eigenvalue weighted by Gasteiger charge is -2.11. The summed E-state index contributed by atoms with van der Waals surface area (Å²) in [6, 6.07) is 9.41. The smallest absolute Gasteiger partial charge is 0.260 e. The predicted molar refractivity (Wildman–Crippen MR) is 87.0 cm³/mol. The highest BCUT2D eigenvalue weighted by Crippen LogP contribution is 2.21. The van der Waals surface area contributed by atoms with Gasteiger partial charge in [0.05, 0.1) is 6.10 Å². The summed E-state index contributed by atoms with van der Waals surface area (Å²) in [6.45, 7) is 1.65. The molecule has 0 fully saturated rings. The maximum atomic E-state index is 12.2.